The van der Waals surface area contributed by atoms with Crippen molar-refractivity contribution in [2.24, 2.45) is 0 Å². The number of pyridine rings is 1. The van der Waals surface area contributed by atoms with E-state index >= 15 is 0 Å². The number of benzene rings is 1. The van der Waals surface area contributed by atoms with E-state index in [9.17, 15) is 0 Å². The second-order valence-electron chi connectivity index (χ2n) is 3.42. The van der Waals surface area contributed by atoms with Gasteiger partial charge in [0, 0.05) is 5.39 Å². The van der Waals surface area contributed by atoms with E-state index in [1.165, 1.54) is 5.56 Å². The third kappa shape index (κ3) is 2.10. The summed E-state index contributed by atoms with van der Waals surface area (Å²) in [5.41, 5.74) is 2.98. The SMILES string of the molecule is Cc1ccc2ccc(C(I)C#N)nc2c1. The molecule has 0 aliphatic carbocycles. The minimum absolute atomic E-state index is 0.174. The number of halogens is 1. The standard InChI is InChI=1S/C12H9IN2/c1-8-2-3-9-4-5-11(10(13)7-14)15-12(9)6-8/h2-6,10H,1H3. The highest BCUT2D eigenvalue weighted by Gasteiger charge is 2.07. The average Bonchev–Trinajstić information content (AvgIpc) is 2.27. The molecule has 0 amide bonds. The van der Waals surface area contributed by atoms with Gasteiger partial charge in [0.15, 0.2) is 0 Å². The Morgan fingerprint density at radius 2 is 2.07 bits per heavy atom. The monoisotopic (exact) mass is 308 g/mol. The molecule has 0 spiro atoms. The Kier molecular flexibility index (Phi) is 2.87. The zero-order valence-corrected chi connectivity index (χ0v) is 10.4. The molecule has 2 rings (SSSR count). The number of fused-ring (bicyclic) bond motifs is 1. The number of hydrogen-bond donors (Lipinski definition) is 0. The number of alkyl halides is 1. The first-order valence-corrected chi connectivity index (χ1v) is 5.86. The molecule has 1 unspecified atom stereocenters. The first-order valence-electron chi connectivity index (χ1n) is 4.62. The molecule has 1 atom stereocenters. The Hall–Kier alpha value is -1.15. The van der Waals surface area contributed by atoms with Crippen LogP contribution in [-0.2, 0) is 0 Å². The van der Waals surface area contributed by atoms with E-state index in [1.807, 2.05) is 25.1 Å². The highest BCUT2D eigenvalue weighted by Crippen LogP contribution is 2.23. The molecule has 1 aromatic heterocycles. The summed E-state index contributed by atoms with van der Waals surface area (Å²) in [7, 11) is 0. The van der Waals surface area contributed by atoms with Crippen molar-refractivity contribution in [1.82, 2.24) is 4.98 Å². The third-order valence-corrected chi connectivity index (χ3v) is 3.16. The maximum absolute atomic E-state index is 8.82. The van der Waals surface area contributed by atoms with E-state index in [2.05, 4.69) is 45.8 Å². The molecule has 1 aromatic carbocycles. The van der Waals surface area contributed by atoms with E-state index in [4.69, 9.17) is 5.26 Å². The Labute approximate surface area is 102 Å². The molecule has 3 heteroatoms. The fourth-order valence-electron chi connectivity index (χ4n) is 1.45. The summed E-state index contributed by atoms with van der Waals surface area (Å²) >= 11 is 2.09. The van der Waals surface area contributed by atoms with Gasteiger partial charge in [0.1, 0.15) is 3.92 Å². The molecule has 0 bridgehead atoms. The molecule has 0 fully saturated rings. The molecule has 1 heterocycles. The van der Waals surface area contributed by atoms with Crippen LogP contribution in [0.3, 0.4) is 0 Å². The second kappa shape index (κ2) is 4.15. The van der Waals surface area contributed by atoms with Crippen LogP contribution in [0.15, 0.2) is 30.3 Å². The highest BCUT2D eigenvalue weighted by molar-refractivity contribution is 14.1. The fraction of sp³-hybridized carbons (Fsp3) is 0.167. The van der Waals surface area contributed by atoms with Crippen LogP contribution in [0.4, 0.5) is 0 Å². The van der Waals surface area contributed by atoms with E-state index in [-0.39, 0.29) is 3.92 Å². The van der Waals surface area contributed by atoms with E-state index in [0.717, 1.165) is 16.6 Å². The van der Waals surface area contributed by atoms with Crippen LogP contribution in [-0.4, -0.2) is 4.98 Å². The Bertz CT molecular complexity index is 543. The van der Waals surface area contributed by atoms with E-state index in [0.29, 0.717) is 0 Å². The van der Waals surface area contributed by atoms with Crippen molar-refractivity contribution in [2.75, 3.05) is 0 Å². The number of nitriles is 1. The lowest BCUT2D eigenvalue weighted by molar-refractivity contribution is 1.15. The second-order valence-corrected chi connectivity index (χ2v) is 4.67. The summed E-state index contributed by atoms with van der Waals surface area (Å²) < 4.78 is -0.174. The first-order chi connectivity index (χ1) is 7.20. The lowest BCUT2D eigenvalue weighted by Gasteiger charge is -2.03. The number of nitrogens with zero attached hydrogens (tertiary/aromatic N) is 2. The first kappa shape index (κ1) is 10.4. The van der Waals surface area contributed by atoms with Crippen molar-refractivity contribution in [2.45, 2.75) is 10.8 Å². The van der Waals surface area contributed by atoms with Crippen LogP contribution in [0.1, 0.15) is 15.2 Å². The van der Waals surface area contributed by atoms with E-state index < -0.39 is 0 Å². The topological polar surface area (TPSA) is 36.7 Å². The molecule has 0 saturated heterocycles. The highest BCUT2D eigenvalue weighted by atomic mass is 127. The smallest absolute Gasteiger partial charge is 0.140 e. The summed E-state index contributed by atoms with van der Waals surface area (Å²) in [6.45, 7) is 2.04. The predicted molar refractivity (Wildman–Crippen MR) is 68.9 cm³/mol. The minimum Gasteiger partial charge on any atom is -0.251 e. The normalized spacial score (nSPS) is 12.3. The van der Waals surface area contributed by atoms with Crippen molar-refractivity contribution >= 4 is 33.5 Å². The van der Waals surface area contributed by atoms with Crippen LogP contribution >= 0.6 is 22.6 Å². The average molecular weight is 308 g/mol. The van der Waals surface area contributed by atoms with Crippen LogP contribution in [0.5, 0.6) is 0 Å². The molecule has 0 N–H and O–H groups in total. The maximum Gasteiger partial charge on any atom is 0.140 e. The molecule has 0 aliphatic heterocycles. The largest absolute Gasteiger partial charge is 0.251 e. The van der Waals surface area contributed by atoms with Crippen LogP contribution in [0, 0.1) is 18.3 Å². The van der Waals surface area contributed by atoms with Gasteiger partial charge in [-0.3, -0.25) is 4.98 Å². The van der Waals surface area contributed by atoms with Gasteiger partial charge < -0.3 is 0 Å². The van der Waals surface area contributed by atoms with Crippen molar-refractivity contribution in [1.29, 1.82) is 5.26 Å². The fourth-order valence-corrected chi connectivity index (χ4v) is 1.80. The number of hydrogen-bond acceptors (Lipinski definition) is 2. The lowest BCUT2D eigenvalue weighted by atomic mass is 10.1. The van der Waals surface area contributed by atoms with Crippen molar-refractivity contribution < 1.29 is 0 Å². The van der Waals surface area contributed by atoms with Crippen molar-refractivity contribution in [3.05, 3.63) is 41.6 Å². The number of rotatable bonds is 1. The Morgan fingerprint density at radius 3 is 2.80 bits per heavy atom. The zero-order valence-electron chi connectivity index (χ0n) is 8.24. The van der Waals surface area contributed by atoms with Gasteiger partial charge in [0.2, 0.25) is 0 Å². The third-order valence-electron chi connectivity index (χ3n) is 2.24. The summed E-state index contributed by atoms with van der Waals surface area (Å²) in [5.74, 6) is 0. The van der Waals surface area contributed by atoms with Crippen molar-refractivity contribution in [3.63, 3.8) is 0 Å². The molecule has 74 valence electrons. The molecule has 15 heavy (non-hydrogen) atoms. The Morgan fingerprint density at radius 1 is 1.33 bits per heavy atom. The molecule has 0 saturated carbocycles. The summed E-state index contributed by atoms with van der Waals surface area (Å²) in [4.78, 5) is 4.48. The van der Waals surface area contributed by atoms with Crippen LogP contribution in [0.2, 0.25) is 0 Å². The molecule has 2 aromatic rings. The van der Waals surface area contributed by atoms with Crippen molar-refractivity contribution in [3.8, 4) is 6.07 Å². The summed E-state index contributed by atoms with van der Waals surface area (Å²) in [5, 5.41) is 9.93. The van der Waals surface area contributed by atoms with Gasteiger partial charge in [-0.15, -0.1) is 0 Å². The molecule has 0 radical (unpaired) electrons. The van der Waals surface area contributed by atoms with Gasteiger partial charge in [-0.25, -0.2) is 0 Å². The van der Waals surface area contributed by atoms with Gasteiger partial charge in [-0.05, 0) is 24.6 Å². The van der Waals surface area contributed by atoms with Gasteiger partial charge >= 0.3 is 0 Å². The number of aryl methyl sites for hydroxylation is 1. The van der Waals surface area contributed by atoms with E-state index in [1.54, 1.807) is 0 Å². The van der Waals surface area contributed by atoms with Crippen LogP contribution in [0.25, 0.3) is 10.9 Å². The van der Waals surface area contributed by atoms with Gasteiger partial charge in [-0.2, -0.15) is 5.26 Å². The predicted octanol–water partition coefficient (Wildman–Crippen LogP) is 3.54. The number of aromatic nitrogens is 1. The molecule has 0 aliphatic rings. The molecule has 2 nitrogen and oxygen atoms in total. The van der Waals surface area contributed by atoms with Gasteiger partial charge in [0.25, 0.3) is 0 Å². The van der Waals surface area contributed by atoms with Gasteiger partial charge in [0.05, 0.1) is 17.3 Å². The summed E-state index contributed by atoms with van der Waals surface area (Å²) in [6, 6.07) is 12.3. The lowest BCUT2D eigenvalue weighted by Crippen LogP contribution is -1.91. The zero-order chi connectivity index (χ0) is 10.8. The molecular weight excluding hydrogens is 299 g/mol. The van der Waals surface area contributed by atoms with Gasteiger partial charge in [-0.1, -0.05) is 40.8 Å². The molecular formula is C12H9IN2. The quantitative estimate of drug-likeness (QED) is 0.597. The Balaban J connectivity index is 2.60. The maximum atomic E-state index is 8.82. The minimum atomic E-state index is -0.174. The summed E-state index contributed by atoms with van der Waals surface area (Å²) in [6.07, 6.45) is 0. The van der Waals surface area contributed by atoms with Crippen LogP contribution < -0.4 is 0 Å².